The lowest BCUT2D eigenvalue weighted by Gasteiger charge is -2.31. The summed E-state index contributed by atoms with van der Waals surface area (Å²) in [5.41, 5.74) is 1.03. The van der Waals surface area contributed by atoms with Crippen LogP contribution < -0.4 is 10.1 Å². The van der Waals surface area contributed by atoms with Gasteiger partial charge in [-0.2, -0.15) is 0 Å². The first-order chi connectivity index (χ1) is 14.3. The van der Waals surface area contributed by atoms with Crippen molar-refractivity contribution in [2.24, 2.45) is 0 Å². The quantitative estimate of drug-likeness (QED) is 0.659. The van der Waals surface area contributed by atoms with Gasteiger partial charge in [0.2, 0.25) is 0 Å². The second kappa shape index (κ2) is 9.08. The molecule has 0 aliphatic carbocycles. The van der Waals surface area contributed by atoms with Crippen LogP contribution in [-0.4, -0.2) is 36.9 Å². The molecule has 0 bridgehead atoms. The first-order valence-electron chi connectivity index (χ1n) is 8.85. The zero-order valence-electron chi connectivity index (χ0n) is 16.1. The Bertz CT molecular complexity index is 1040. The number of ketones is 1. The highest BCUT2D eigenvalue weighted by molar-refractivity contribution is 9.10. The van der Waals surface area contributed by atoms with Crippen LogP contribution in [0.2, 0.25) is 0 Å². The number of nitrogens with one attached hydrogen (secondary N) is 1. The third-order valence-electron chi connectivity index (χ3n) is 4.56. The maximum absolute atomic E-state index is 13.7. The van der Waals surface area contributed by atoms with Crippen LogP contribution in [0.25, 0.3) is 0 Å². The van der Waals surface area contributed by atoms with Crippen molar-refractivity contribution in [1.82, 2.24) is 4.90 Å². The number of hydrogen-bond donors (Lipinski definition) is 1. The van der Waals surface area contributed by atoms with E-state index in [0.29, 0.717) is 15.7 Å². The maximum atomic E-state index is 13.7. The molecule has 0 fully saturated rings. The molecule has 3 rings (SSSR count). The zero-order chi connectivity index (χ0) is 21.8. The SMILES string of the molecule is COC(=O)c1cc(Br)c(NC(=O)N2C=CC(=O)CC2c2cccc(F)c2)cc1OC. The summed E-state index contributed by atoms with van der Waals surface area (Å²) in [6.45, 7) is 0. The predicted octanol–water partition coefficient (Wildman–Crippen LogP) is 4.45. The molecular formula is C21H18BrFN2O5. The number of carbonyl (C=O) groups excluding carboxylic acids is 3. The molecule has 2 amide bonds. The molecule has 2 aromatic rings. The van der Waals surface area contributed by atoms with Crippen LogP contribution in [0.4, 0.5) is 14.9 Å². The molecule has 1 N–H and O–H groups in total. The van der Waals surface area contributed by atoms with Gasteiger partial charge in [0.1, 0.15) is 17.1 Å². The van der Waals surface area contributed by atoms with Crippen molar-refractivity contribution >= 4 is 39.4 Å². The van der Waals surface area contributed by atoms with Crippen molar-refractivity contribution in [3.05, 3.63) is 70.1 Å². The topological polar surface area (TPSA) is 84.9 Å². The number of nitrogens with zero attached hydrogens (tertiary/aromatic N) is 1. The molecule has 0 aromatic heterocycles. The molecule has 0 saturated heterocycles. The Labute approximate surface area is 180 Å². The smallest absolute Gasteiger partial charge is 0.341 e. The summed E-state index contributed by atoms with van der Waals surface area (Å²) in [6, 6.07) is 7.52. The van der Waals surface area contributed by atoms with Gasteiger partial charge >= 0.3 is 12.0 Å². The van der Waals surface area contributed by atoms with E-state index in [1.54, 1.807) is 6.07 Å². The Morgan fingerprint density at radius 3 is 2.67 bits per heavy atom. The largest absolute Gasteiger partial charge is 0.496 e. The van der Waals surface area contributed by atoms with Crippen molar-refractivity contribution in [2.75, 3.05) is 19.5 Å². The van der Waals surface area contributed by atoms with Crippen LogP contribution in [0.15, 0.2) is 53.1 Å². The summed E-state index contributed by atoms with van der Waals surface area (Å²) in [5.74, 6) is -1.00. The fourth-order valence-electron chi connectivity index (χ4n) is 3.09. The molecule has 2 aromatic carbocycles. The van der Waals surface area contributed by atoms with Crippen LogP contribution in [0.5, 0.6) is 5.75 Å². The van der Waals surface area contributed by atoms with E-state index in [1.165, 1.54) is 61.7 Å². The van der Waals surface area contributed by atoms with Gasteiger partial charge in [-0.25, -0.2) is 14.0 Å². The van der Waals surface area contributed by atoms with Crippen LogP contribution >= 0.6 is 15.9 Å². The minimum absolute atomic E-state index is 0.0269. The molecule has 0 saturated carbocycles. The average molecular weight is 477 g/mol. The number of ether oxygens (including phenoxy) is 2. The summed E-state index contributed by atoms with van der Waals surface area (Å²) in [6.07, 6.45) is 2.69. The van der Waals surface area contributed by atoms with Gasteiger partial charge in [-0.15, -0.1) is 0 Å². The molecular weight excluding hydrogens is 459 g/mol. The van der Waals surface area contributed by atoms with Gasteiger partial charge in [-0.1, -0.05) is 12.1 Å². The molecule has 30 heavy (non-hydrogen) atoms. The van der Waals surface area contributed by atoms with E-state index in [-0.39, 0.29) is 23.5 Å². The Kier molecular flexibility index (Phi) is 6.51. The monoisotopic (exact) mass is 476 g/mol. The number of halogens is 2. The highest BCUT2D eigenvalue weighted by atomic mass is 79.9. The van der Waals surface area contributed by atoms with Gasteiger partial charge < -0.3 is 14.8 Å². The van der Waals surface area contributed by atoms with Crippen molar-refractivity contribution in [2.45, 2.75) is 12.5 Å². The first kappa shape index (κ1) is 21.5. The Hall–Kier alpha value is -3.20. The van der Waals surface area contributed by atoms with E-state index in [2.05, 4.69) is 21.2 Å². The number of carbonyl (C=O) groups is 3. The fraction of sp³-hybridized carbons (Fsp3) is 0.190. The number of anilines is 1. The number of methoxy groups -OCH3 is 2. The summed E-state index contributed by atoms with van der Waals surface area (Å²) in [4.78, 5) is 38.1. The lowest BCUT2D eigenvalue weighted by atomic mass is 9.97. The van der Waals surface area contributed by atoms with Gasteiger partial charge in [-0.3, -0.25) is 9.69 Å². The number of allylic oxidation sites excluding steroid dienone is 1. The average Bonchev–Trinajstić information content (AvgIpc) is 2.74. The Balaban J connectivity index is 1.91. The third kappa shape index (κ3) is 4.51. The fourth-order valence-corrected chi connectivity index (χ4v) is 3.54. The Morgan fingerprint density at radius 2 is 2.00 bits per heavy atom. The minimum atomic E-state index is -0.659. The lowest BCUT2D eigenvalue weighted by Crippen LogP contribution is -2.37. The highest BCUT2D eigenvalue weighted by Gasteiger charge is 2.29. The molecule has 9 heteroatoms. The normalized spacial score (nSPS) is 15.7. The standard InChI is InChI=1S/C21H18BrFN2O5/c1-29-19-11-17(16(22)10-15(19)20(27)30-2)24-21(28)25-7-6-14(26)9-18(25)12-4-3-5-13(23)8-12/h3-8,10-11,18H,9H2,1-2H3,(H,24,28). The maximum Gasteiger partial charge on any atom is 0.341 e. The molecule has 0 radical (unpaired) electrons. The van der Waals surface area contributed by atoms with Crippen molar-refractivity contribution in [3.8, 4) is 5.75 Å². The number of urea groups is 1. The second-order valence-electron chi connectivity index (χ2n) is 6.42. The number of hydrogen-bond acceptors (Lipinski definition) is 5. The van der Waals surface area contributed by atoms with Crippen LogP contribution in [0.3, 0.4) is 0 Å². The summed E-state index contributed by atoms with van der Waals surface area (Å²) >= 11 is 3.32. The van der Waals surface area contributed by atoms with Crippen LogP contribution in [0.1, 0.15) is 28.4 Å². The summed E-state index contributed by atoms with van der Waals surface area (Å²) in [7, 11) is 2.64. The van der Waals surface area contributed by atoms with E-state index in [9.17, 15) is 18.8 Å². The van der Waals surface area contributed by atoms with E-state index in [1.807, 2.05) is 0 Å². The number of rotatable bonds is 4. The predicted molar refractivity (Wildman–Crippen MR) is 111 cm³/mol. The van der Waals surface area contributed by atoms with E-state index in [4.69, 9.17) is 9.47 Å². The molecule has 1 aliphatic rings. The van der Waals surface area contributed by atoms with E-state index < -0.39 is 23.9 Å². The molecule has 156 valence electrons. The molecule has 1 unspecified atom stereocenters. The van der Waals surface area contributed by atoms with Crippen molar-refractivity contribution < 1.29 is 28.2 Å². The molecule has 0 spiro atoms. The molecule has 7 nitrogen and oxygen atoms in total. The second-order valence-corrected chi connectivity index (χ2v) is 7.27. The summed E-state index contributed by atoms with van der Waals surface area (Å²) < 4.78 is 24.1. The van der Waals surface area contributed by atoms with E-state index in [0.717, 1.165) is 0 Å². The van der Waals surface area contributed by atoms with Gasteiger partial charge in [0.05, 0.1) is 25.9 Å². The Morgan fingerprint density at radius 1 is 1.23 bits per heavy atom. The van der Waals surface area contributed by atoms with Gasteiger partial charge in [0.25, 0.3) is 0 Å². The highest BCUT2D eigenvalue weighted by Crippen LogP contribution is 2.34. The lowest BCUT2D eigenvalue weighted by molar-refractivity contribution is -0.116. The zero-order valence-corrected chi connectivity index (χ0v) is 17.7. The summed E-state index contributed by atoms with van der Waals surface area (Å²) in [5, 5.41) is 2.72. The molecule has 1 aliphatic heterocycles. The molecule has 1 atom stereocenters. The van der Waals surface area contributed by atoms with Crippen LogP contribution in [0, 0.1) is 5.82 Å². The first-order valence-corrected chi connectivity index (χ1v) is 9.65. The van der Waals surface area contributed by atoms with E-state index >= 15 is 0 Å². The van der Waals surface area contributed by atoms with Crippen molar-refractivity contribution in [1.29, 1.82) is 0 Å². The van der Waals surface area contributed by atoms with Crippen molar-refractivity contribution in [3.63, 3.8) is 0 Å². The number of esters is 1. The van der Waals surface area contributed by atoms with Gasteiger partial charge in [0.15, 0.2) is 5.78 Å². The van der Waals surface area contributed by atoms with Gasteiger partial charge in [0, 0.05) is 23.2 Å². The minimum Gasteiger partial charge on any atom is -0.496 e. The third-order valence-corrected chi connectivity index (χ3v) is 5.21. The van der Waals surface area contributed by atoms with Crippen LogP contribution in [-0.2, 0) is 9.53 Å². The van der Waals surface area contributed by atoms with Gasteiger partial charge in [-0.05, 0) is 45.8 Å². The number of amides is 2. The molecule has 1 heterocycles. The number of benzene rings is 2.